The quantitative estimate of drug-likeness (QED) is 0.638. The largest absolute Gasteiger partial charge is 0.244 e. The predicted octanol–water partition coefficient (Wildman–Crippen LogP) is 1.04. The Morgan fingerprint density at radius 2 is 2.33 bits per heavy atom. The standard InChI is InChI=1S/C9H9ClN2O2S/c1-2-3-5-12-15(13,14)8-4-6-11-9(10)7-8/h4,6-7,12H,5H2,1H3. The number of pyridine rings is 1. The van der Waals surface area contributed by atoms with Gasteiger partial charge < -0.3 is 0 Å². The molecule has 1 aromatic heterocycles. The fraction of sp³-hybridized carbons (Fsp3) is 0.222. The van der Waals surface area contributed by atoms with Crippen molar-refractivity contribution in [3.05, 3.63) is 23.5 Å². The predicted molar refractivity (Wildman–Crippen MR) is 57.9 cm³/mol. The maximum atomic E-state index is 11.6. The summed E-state index contributed by atoms with van der Waals surface area (Å²) in [4.78, 5) is 3.78. The lowest BCUT2D eigenvalue weighted by molar-refractivity contribution is 0.586. The maximum Gasteiger partial charge on any atom is 0.241 e. The second kappa shape index (κ2) is 5.12. The van der Waals surface area contributed by atoms with Gasteiger partial charge in [-0.2, -0.15) is 4.72 Å². The van der Waals surface area contributed by atoms with Crippen molar-refractivity contribution in [1.29, 1.82) is 0 Å². The van der Waals surface area contributed by atoms with Gasteiger partial charge in [0.1, 0.15) is 5.15 Å². The average molecular weight is 245 g/mol. The van der Waals surface area contributed by atoms with Gasteiger partial charge in [-0.05, 0) is 19.1 Å². The molecule has 0 atom stereocenters. The molecule has 0 amide bonds. The molecule has 1 aromatic rings. The lowest BCUT2D eigenvalue weighted by Crippen LogP contribution is -2.24. The number of halogens is 1. The van der Waals surface area contributed by atoms with Crippen LogP contribution in [0, 0.1) is 11.8 Å². The van der Waals surface area contributed by atoms with Gasteiger partial charge in [-0.1, -0.05) is 17.5 Å². The molecule has 4 nitrogen and oxygen atoms in total. The highest BCUT2D eigenvalue weighted by molar-refractivity contribution is 7.89. The molecule has 0 aliphatic carbocycles. The van der Waals surface area contributed by atoms with Crippen LogP contribution in [0.15, 0.2) is 23.2 Å². The lowest BCUT2D eigenvalue weighted by Gasteiger charge is -2.03. The van der Waals surface area contributed by atoms with Gasteiger partial charge in [0.05, 0.1) is 11.4 Å². The highest BCUT2D eigenvalue weighted by Gasteiger charge is 2.12. The van der Waals surface area contributed by atoms with Crippen LogP contribution in [0.4, 0.5) is 0 Å². The molecule has 0 saturated carbocycles. The van der Waals surface area contributed by atoms with E-state index < -0.39 is 10.0 Å². The Kier molecular flexibility index (Phi) is 4.09. The number of aromatic nitrogens is 1. The molecule has 0 radical (unpaired) electrons. The Bertz CT molecular complexity index is 502. The summed E-state index contributed by atoms with van der Waals surface area (Å²) in [6.07, 6.45) is 1.34. The second-order valence-electron chi connectivity index (χ2n) is 2.57. The summed E-state index contributed by atoms with van der Waals surface area (Å²) in [7, 11) is -3.53. The zero-order valence-corrected chi connectivity index (χ0v) is 9.56. The van der Waals surface area contributed by atoms with E-state index in [4.69, 9.17) is 11.6 Å². The molecule has 0 saturated heterocycles. The zero-order chi connectivity index (χ0) is 11.3. The maximum absolute atomic E-state index is 11.6. The molecule has 0 spiro atoms. The van der Waals surface area contributed by atoms with Gasteiger partial charge in [0.2, 0.25) is 10.0 Å². The van der Waals surface area contributed by atoms with Crippen molar-refractivity contribution in [2.45, 2.75) is 11.8 Å². The lowest BCUT2D eigenvalue weighted by atomic mass is 10.5. The first-order chi connectivity index (χ1) is 7.06. The molecule has 1 heterocycles. The highest BCUT2D eigenvalue weighted by Crippen LogP contribution is 2.11. The number of nitrogens with zero attached hydrogens (tertiary/aromatic N) is 1. The summed E-state index contributed by atoms with van der Waals surface area (Å²) >= 11 is 5.58. The highest BCUT2D eigenvalue weighted by atomic mass is 35.5. The molecule has 0 aromatic carbocycles. The molecule has 0 aliphatic rings. The number of hydrogen-bond donors (Lipinski definition) is 1. The van der Waals surface area contributed by atoms with Crippen LogP contribution in [0.25, 0.3) is 0 Å². The van der Waals surface area contributed by atoms with Gasteiger partial charge in [-0.3, -0.25) is 0 Å². The molecule has 1 N–H and O–H groups in total. The van der Waals surface area contributed by atoms with Crippen LogP contribution in [0.3, 0.4) is 0 Å². The molecular formula is C9H9ClN2O2S. The Hall–Kier alpha value is -1.09. The van der Waals surface area contributed by atoms with Gasteiger partial charge in [0.25, 0.3) is 0 Å². The van der Waals surface area contributed by atoms with Crippen molar-refractivity contribution in [1.82, 2.24) is 9.71 Å². The van der Waals surface area contributed by atoms with E-state index in [9.17, 15) is 8.42 Å². The van der Waals surface area contributed by atoms with Crippen molar-refractivity contribution in [2.75, 3.05) is 6.54 Å². The summed E-state index contributed by atoms with van der Waals surface area (Å²) in [6, 6.07) is 2.65. The molecule has 80 valence electrons. The molecular weight excluding hydrogens is 236 g/mol. The Morgan fingerprint density at radius 3 is 2.93 bits per heavy atom. The Morgan fingerprint density at radius 1 is 1.60 bits per heavy atom. The van der Waals surface area contributed by atoms with E-state index in [1.165, 1.54) is 18.3 Å². The molecule has 0 unspecified atom stereocenters. The van der Waals surface area contributed by atoms with Gasteiger partial charge in [-0.15, -0.1) is 5.92 Å². The SMILES string of the molecule is CC#CCNS(=O)(=O)c1ccnc(Cl)c1. The van der Waals surface area contributed by atoms with Crippen LogP contribution >= 0.6 is 11.6 Å². The molecule has 15 heavy (non-hydrogen) atoms. The van der Waals surface area contributed by atoms with Crippen LogP contribution in [-0.2, 0) is 10.0 Å². The minimum atomic E-state index is -3.53. The van der Waals surface area contributed by atoms with Crippen LogP contribution in [-0.4, -0.2) is 19.9 Å². The molecule has 0 fully saturated rings. The number of nitrogens with one attached hydrogen (secondary N) is 1. The second-order valence-corrected chi connectivity index (χ2v) is 4.72. The summed E-state index contributed by atoms with van der Waals surface area (Å²) in [6.45, 7) is 1.72. The van der Waals surface area contributed by atoms with Crippen LogP contribution in [0.1, 0.15) is 6.92 Å². The average Bonchev–Trinajstić information content (AvgIpc) is 2.18. The molecule has 0 bridgehead atoms. The summed E-state index contributed by atoms with van der Waals surface area (Å²) in [5, 5.41) is 0.138. The van der Waals surface area contributed by atoms with Crippen molar-refractivity contribution < 1.29 is 8.42 Å². The number of sulfonamides is 1. The third-order valence-electron chi connectivity index (χ3n) is 1.54. The Balaban J connectivity index is 2.90. The fourth-order valence-corrected chi connectivity index (χ4v) is 2.03. The van der Waals surface area contributed by atoms with E-state index in [1.54, 1.807) is 6.92 Å². The van der Waals surface area contributed by atoms with Crippen molar-refractivity contribution in [2.24, 2.45) is 0 Å². The zero-order valence-electron chi connectivity index (χ0n) is 7.99. The minimum absolute atomic E-state index is 0.0821. The van der Waals surface area contributed by atoms with E-state index >= 15 is 0 Å². The van der Waals surface area contributed by atoms with Crippen molar-refractivity contribution >= 4 is 21.6 Å². The van der Waals surface area contributed by atoms with Gasteiger partial charge in [-0.25, -0.2) is 13.4 Å². The normalized spacial score (nSPS) is 10.5. The smallest absolute Gasteiger partial charge is 0.241 e. The topological polar surface area (TPSA) is 59.1 Å². The van der Waals surface area contributed by atoms with Gasteiger partial charge in [0, 0.05) is 6.20 Å². The number of hydrogen-bond acceptors (Lipinski definition) is 3. The Labute approximate surface area is 93.7 Å². The number of rotatable bonds is 3. The summed E-state index contributed by atoms with van der Waals surface area (Å²) in [5.74, 6) is 5.19. The van der Waals surface area contributed by atoms with Crippen molar-refractivity contribution in [3.8, 4) is 11.8 Å². The van der Waals surface area contributed by atoms with E-state index in [0.29, 0.717) is 0 Å². The van der Waals surface area contributed by atoms with E-state index in [1.807, 2.05) is 0 Å². The van der Waals surface area contributed by atoms with Crippen LogP contribution < -0.4 is 4.72 Å². The first-order valence-electron chi connectivity index (χ1n) is 4.07. The van der Waals surface area contributed by atoms with Gasteiger partial charge in [0.15, 0.2) is 0 Å². The van der Waals surface area contributed by atoms with Crippen molar-refractivity contribution in [3.63, 3.8) is 0 Å². The molecule has 1 rings (SSSR count). The molecule has 6 heteroatoms. The van der Waals surface area contributed by atoms with Crippen LogP contribution in [0.2, 0.25) is 5.15 Å². The van der Waals surface area contributed by atoms with E-state index in [0.717, 1.165) is 0 Å². The minimum Gasteiger partial charge on any atom is -0.244 e. The van der Waals surface area contributed by atoms with Gasteiger partial charge >= 0.3 is 0 Å². The first-order valence-corrected chi connectivity index (χ1v) is 5.93. The summed E-state index contributed by atoms with van der Waals surface area (Å²) in [5.41, 5.74) is 0. The first kappa shape index (κ1) is 12.0. The van der Waals surface area contributed by atoms with Crippen LogP contribution in [0.5, 0.6) is 0 Å². The fourth-order valence-electron chi connectivity index (χ4n) is 0.855. The van der Waals surface area contributed by atoms with E-state index in [2.05, 4.69) is 21.5 Å². The third-order valence-corrected chi connectivity index (χ3v) is 3.14. The summed E-state index contributed by atoms with van der Waals surface area (Å²) < 4.78 is 25.5. The third kappa shape index (κ3) is 3.51. The monoisotopic (exact) mass is 244 g/mol. The molecule has 0 aliphatic heterocycles. The van der Waals surface area contributed by atoms with E-state index in [-0.39, 0.29) is 16.6 Å².